The lowest BCUT2D eigenvalue weighted by atomic mass is 10.2. The minimum absolute atomic E-state index is 0.0607. The maximum absolute atomic E-state index is 11.5. The fourth-order valence-electron chi connectivity index (χ4n) is 0.885. The van der Waals surface area contributed by atoms with E-state index >= 15 is 0 Å². The van der Waals surface area contributed by atoms with Crippen LogP contribution in [0.2, 0.25) is 14.4 Å². The Hall–Kier alpha value is 0.530. The largest absolute Gasteiger partial charge is 0.293 e. The Morgan fingerprint density at radius 2 is 1.86 bits per heavy atom. The predicted molar refractivity (Wildman–Crippen MR) is 63.6 cm³/mol. The molecule has 0 saturated carbocycles. The monoisotopic (exact) mass is 290 g/mol. The van der Waals surface area contributed by atoms with E-state index in [9.17, 15) is 4.79 Å². The van der Waals surface area contributed by atoms with Crippen molar-refractivity contribution in [2.45, 2.75) is 12.8 Å². The molecule has 0 aliphatic heterocycles. The number of alkyl halides is 1. The Morgan fingerprint density at radius 3 is 2.29 bits per heavy atom. The standard InChI is InChI=1S/C8H6Cl4OS/c9-3-1-2-4(13)7-5(10)6(11)8(12)14-7/h1-3H2. The Morgan fingerprint density at radius 1 is 1.21 bits per heavy atom. The zero-order chi connectivity index (χ0) is 10.7. The zero-order valence-electron chi connectivity index (χ0n) is 6.95. The summed E-state index contributed by atoms with van der Waals surface area (Å²) in [7, 11) is 0. The van der Waals surface area contributed by atoms with E-state index in [4.69, 9.17) is 46.4 Å². The minimum atomic E-state index is -0.0607. The molecule has 0 fully saturated rings. The summed E-state index contributed by atoms with van der Waals surface area (Å²) in [6, 6.07) is 0. The smallest absolute Gasteiger partial charge is 0.174 e. The zero-order valence-corrected chi connectivity index (χ0v) is 10.8. The van der Waals surface area contributed by atoms with E-state index in [2.05, 4.69) is 0 Å². The molecule has 0 atom stereocenters. The number of ketones is 1. The molecule has 0 spiro atoms. The maximum Gasteiger partial charge on any atom is 0.174 e. The van der Waals surface area contributed by atoms with Gasteiger partial charge in [-0.15, -0.1) is 22.9 Å². The highest BCUT2D eigenvalue weighted by Crippen LogP contribution is 2.40. The fourth-order valence-corrected chi connectivity index (χ4v) is 2.81. The van der Waals surface area contributed by atoms with Gasteiger partial charge in [0, 0.05) is 12.3 Å². The first-order valence-corrected chi connectivity index (χ1v) is 6.29. The first-order valence-electron chi connectivity index (χ1n) is 3.80. The van der Waals surface area contributed by atoms with Crippen LogP contribution in [-0.2, 0) is 0 Å². The summed E-state index contributed by atoms with van der Waals surface area (Å²) in [5.41, 5.74) is 0. The third-order valence-corrected chi connectivity index (χ3v) is 4.43. The van der Waals surface area contributed by atoms with Crippen molar-refractivity contribution < 1.29 is 4.79 Å². The van der Waals surface area contributed by atoms with Crippen LogP contribution in [0.5, 0.6) is 0 Å². The number of hydrogen-bond acceptors (Lipinski definition) is 2. The van der Waals surface area contributed by atoms with Gasteiger partial charge in [0.05, 0.1) is 14.9 Å². The van der Waals surface area contributed by atoms with Gasteiger partial charge < -0.3 is 0 Å². The van der Waals surface area contributed by atoms with E-state index < -0.39 is 0 Å². The first-order chi connectivity index (χ1) is 6.57. The minimum Gasteiger partial charge on any atom is -0.293 e. The number of Topliss-reactive ketones (excluding diaryl/α,β-unsaturated/α-hetero) is 1. The Labute approximate surface area is 106 Å². The van der Waals surface area contributed by atoms with Crippen LogP contribution < -0.4 is 0 Å². The van der Waals surface area contributed by atoms with Crippen molar-refractivity contribution in [1.82, 2.24) is 0 Å². The third-order valence-electron chi connectivity index (χ3n) is 1.55. The summed E-state index contributed by atoms with van der Waals surface area (Å²) < 4.78 is 0.353. The number of thiophene rings is 1. The quantitative estimate of drug-likeness (QED) is 0.569. The molecule has 0 aromatic carbocycles. The predicted octanol–water partition coefficient (Wildman–Crippen LogP) is 4.91. The van der Waals surface area contributed by atoms with Gasteiger partial charge in [0.2, 0.25) is 0 Å². The van der Waals surface area contributed by atoms with Gasteiger partial charge in [-0.2, -0.15) is 0 Å². The van der Waals surface area contributed by atoms with Crippen LogP contribution in [-0.4, -0.2) is 11.7 Å². The van der Waals surface area contributed by atoms with E-state index in [1.165, 1.54) is 0 Å². The normalized spacial score (nSPS) is 10.6. The summed E-state index contributed by atoms with van der Waals surface area (Å²) in [6.45, 7) is 0. The SMILES string of the molecule is O=C(CCCCl)c1sc(Cl)c(Cl)c1Cl. The van der Waals surface area contributed by atoms with Crippen LogP contribution in [0.4, 0.5) is 0 Å². The molecule has 1 aromatic heterocycles. The molecule has 14 heavy (non-hydrogen) atoms. The number of carbonyl (C=O) groups is 1. The van der Waals surface area contributed by atoms with Crippen molar-refractivity contribution in [1.29, 1.82) is 0 Å². The van der Waals surface area contributed by atoms with Gasteiger partial charge in [-0.3, -0.25) is 4.79 Å². The van der Waals surface area contributed by atoms with Gasteiger partial charge in [0.15, 0.2) is 5.78 Å². The van der Waals surface area contributed by atoms with Crippen molar-refractivity contribution in [3.05, 3.63) is 19.3 Å². The lowest BCUT2D eigenvalue weighted by molar-refractivity contribution is 0.0986. The Bertz CT molecular complexity index is 347. The molecule has 1 aromatic rings. The van der Waals surface area contributed by atoms with Gasteiger partial charge in [0.25, 0.3) is 0 Å². The summed E-state index contributed by atoms with van der Waals surface area (Å²) in [5.74, 6) is 0.394. The molecule has 6 heteroatoms. The average molecular weight is 292 g/mol. The van der Waals surface area contributed by atoms with E-state index in [1.54, 1.807) is 0 Å². The Kier molecular flexibility index (Phi) is 5.01. The van der Waals surface area contributed by atoms with Crippen molar-refractivity contribution in [2.75, 3.05) is 5.88 Å². The van der Waals surface area contributed by atoms with Crippen molar-refractivity contribution >= 4 is 63.5 Å². The lowest BCUT2D eigenvalue weighted by Crippen LogP contribution is -1.96. The van der Waals surface area contributed by atoms with Gasteiger partial charge in [0.1, 0.15) is 4.34 Å². The highest BCUT2D eigenvalue weighted by atomic mass is 35.5. The fraction of sp³-hybridized carbons (Fsp3) is 0.375. The summed E-state index contributed by atoms with van der Waals surface area (Å²) >= 11 is 23.9. The number of halogens is 4. The molecule has 0 radical (unpaired) electrons. The molecule has 0 saturated heterocycles. The van der Waals surface area contributed by atoms with Crippen molar-refractivity contribution in [2.24, 2.45) is 0 Å². The molecule has 0 aliphatic carbocycles. The van der Waals surface area contributed by atoms with E-state index in [0.717, 1.165) is 11.3 Å². The van der Waals surface area contributed by atoms with Crippen LogP contribution in [0.3, 0.4) is 0 Å². The molecule has 0 amide bonds. The van der Waals surface area contributed by atoms with E-state index in [-0.39, 0.29) is 15.8 Å². The molecule has 1 rings (SSSR count). The third kappa shape index (κ3) is 2.77. The number of hydrogen-bond donors (Lipinski definition) is 0. The van der Waals surface area contributed by atoms with Crippen LogP contribution in [0.25, 0.3) is 0 Å². The molecule has 0 N–H and O–H groups in total. The van der Waals surface area contributed by atoms with Crippen molar-refractivity contribution in [3.63, 3.8) is 0 Å². The lowest BCUT2D eigenvalue weighted by Gasteiger charge is -1.95. The highest BCUT2D eigenvalue weighted by molar-refractivity contribution is 7.19. The topological polar surface area (TPSA) is 17.1 Å². The van der Waals surface area contributed by atoms with Gasteiger partial charge >= 0.3 is 0 Å². The summed E-state index contributed by atoms with van der Waals surface area (Å²) in [5, 5.41) is 0.508. The summed E-state index contributed by atoms with van der Waals surface area (Å²) in [4.78, 5) is 12.0. The second kappa shape index (κ2) is 5.57. The van der Waals surface area contributed by atoms with Gasteiger partial charge in [-0.05, 0) is 6.42 Å². The molecule has 1 heterocycles. The first kappa shape index (κ1) is 12.6. The number of carbonyl (C=O) groups excluding carboxylic acids is 1. The van der Waals surface area contributed by atoms with Crippen LogP contribution >= 0.6 is 57.7 Å². The second-order valence-corrected chi connectivity index (χ2v) is 5.31. The van der Waals surface area contributed by atoms with Gasteiger partial charge in [-0.1, -0.05) is 34.8 Å². The van der Waals surface area contributed by atoms with Crippen LogP contribution in [0, 0.1) is 0 Å². The molecular weight excluding hydrogens is 286 g/mol. The molecular formula is C8H6Cl4OS. The van der Waals surface area contributed by atoms with Crippen molar-refractivity contribution in [3.8, 4) is 0 Å². The number of rotatable bonds is 4. The molecule has 78 valence electrons. The van der Waals surface area contributed by atoms with Crippen LogP contribution in [0.15, 0.2) is 0 Å². The molecule has 0 unspecified atom stereocenters. The van der Waals surface area contributed by atoms with Gasteiger partial charge in [-0.25, -0.2) is 0 Å². The second-order valence-electron chi connectivity index (χ2n) is 2.55. The molecule has 1 nitrogen and oxygen atoms in total. The van der Waals surface area contributed by atoms with E-state index in [0.29, 0.717) is 27.9 Å². The van der Waals surface area contributed by atoms with Crippen LogP contribution in [0.1, 0.15) is 22.5 Å². The maximum atomic E-state index is 11.5. The Balaban J connectivity index is 2.85. The average Bonchev–Trinajstić information content (AvgIpc) is 2.42. The summed E-state index contributed by atoms with van der Waals surface area (Å²) in [6.07, 6.45) is 1.00. The molecule has 0 bridgehead atoms. The molecule has 0 aliphatic rings. The van der Waals surface area contributed by atoms with E-state index in [1.807, 2.05) is 0 Å². The highest BCUT2D eigenvalue weighted by Gasteiger charge is 2.18.